The molecule has 0 heterocycles. The summed E-state index contributed by atoms with van der Waals surface area (Å²) in [5.74, 6) is -0.556. The zero-order valence-electron chi connectivity index (χ0n) is 9.49. The van der Waals surface area contributed by atoms with Crippen LogP contribution in [-0.2, 0) is 9.53 Å². The molecular formula is C13H11BrO3. The summed E-state index contributed by atoms with van der Waals surface area (Å²) < 4.78 is 6.40. The van der Waals surface area contributed by atoms with E-state index in [9.17, 15) is 9.59 Å². The van der Waals surface area contributed by atoms with Gasteiger partial charge in [-0.3, -0.25) is 9.59 Å². The van der Waals surface area contributed by atoms with Crippen LogP contribution in [0.1, 0.15) is 29.8 Å². The van der Waals surface area contributed by atoms with Crippen molar-refractivity contribution >= 4 is 33.3 Å². The number of ether oxygens (including phenoxy) is 1. The number of allylic oxidation sites excluding steroid dienone is 1. The van der Waals surface area contributed by atoms with Crippen LogP contribution in [0.15, 0.2) is 28.7 Å². The van der Waals surface area contributed by atoms with Crippen LogP contribution in [0.25, 0.3) is 5.76 Å². The minimum Gasteiger partial charge on any atom is -0.490 e. The molecule has 0 atom stereocenters. The Labute approximate surface area is 108 Å². The number of Topliss-reactive ketones (excluding diaryl/α,β-unsaturated/α-hetero) is 1. The minimum atomic E-state index is -0.532. The van der Waals surface area contributed by atoms with Gasteiger partial charge < -0.3 is 4.74 Å². The lowest BCUT2D eigenvalue weighted by atomic mass is 9.94. The Bertz CT molecular complexity index is 529. The molecule has 17 heavy (non-hydrogen) atoms. The van der Waals surface area contributed by atoms with E-state index in [2.05, 4.69) is 15.9 Å². The molecule has 1 aromatic carbocycles. The second kappa shape index (κ2) is 4.45. The van der Waals surface area contributed by atoms with Gasteiger partial charge in [0.1, 0.15) is 5.76 Å². The minimum absolute atomic E-state index is 0.0471. The first-order valence-electron chi connectivity index (χ1n) is 5.26. The van der Waals surface area contributed by atoms with E-state index in [-0.39, 0.29) is 6.10 Å². The largest absolute Gasteiger partial charge is 0.490 e. The number of carbonyl (C=O) groups is 2. The van der Waals surface area contributed by atoms with E-state index in [1.807, 2.05) is 13.8 Å². The van der Waals surface area contributed by atoms with E-state index in [0.717, 1.165) is 4.47 Å². The number of halogens is 1. The van der Waals surface area contributed by atoms with Crippen molar-refractivity contribution in [1.29, 1.82) is 0 Å². The molecule has 0 saturated heterocycles. The van der Waals surface area contributed by atoms with Crippen molar-refractivity contribution in [1.82, 2.24) is 0 Å². The summed E-state index contributed by atoms with van der Waals surface area (Å²) in [6.45, 7) is 3.75. The second-order valence-corrected chi connectivity index (χ2v) is 4.97. The molecule has 0 spiro atoms. The Kier molecular flexibility index (Phi) is 3.15. The highest BCUT2D eigenvalue weighted by molar-refractivity contribution is 9.10. The van der Waals surface area contributed by atoms with Gasteiger partial charge in [0.2, 0.25) is 11.6 Å². The van der Waals surface area contributed by atoms with Gasteiger partial charge in [0.25, 0.3) is 0 Å². The van der Waals surface area contributed by atoms with Crippen molar-refractivity contribution in [3.63, 3.8) is 0 Å². The lowest BCUT2D eigenvalue weighted by Crippen LogP contribution is -2.20. The topological polar surface area (TPSA) is 43.4 Å². The summed E-state index contributed by atoms with van der Waals surface area (Å²) in [5, 5.41) is 0. The fraction of sp³-hybridized carbons (Fsp3) is 0.231. The molecular weight excluding hydrogens is 284 g/mol. The monoisotopic (exact) mass is 294 g/mol. The Morgan fingerprint density at radius 1 is 1.18 bits per heavy atom. The maximum atomic E-state index is 11.7. The maximum Gasteiger partial charge on any atom is 0.233 e. The molecule has 0 unspecified atom stereocenters. The van der Waals surface area contributed by atoms with E-state index in [1.165, 1.54) is 6.08 Å². The Balaban J connectivity index is 2.55. The van der Waals surface area contributed by atoms with Gasteiger partial charge >= 0.3 is 0 Å². The lowest BCUT2D eigenvalue weighted by molar-refractivity contribution is -0.111. The van der Waals surface area contributed by atoms with E-state index in [1.54, 1.807) is 18.2 Å². The number of hydrogen-bond acceptors (Lipinski definition) is 3. The van der Waals surface area contributed by atoms with Crippen LogP contribution in [0.5, 0.6) is 0 Å². The molecule has 4 heteroatoms. The molecule has 2 rings (SSSR count). The highest BCUT2D eigenvalue weighted by Gasteiger charge is 2.27. The average molecular weight is 295 g/mol. The van der Waals surface area contributed by atoms with E-state index in [0.29, 0.717) is 16.9 Å². The van der Waals surface area contributed by atoms with Gasteiger partial charge in [-0.15, -0.1) is 0 Å². The zero-order valence-corrected chi connectivity index (χ0v) is 11.1. The molecule has 0 aromatic heterocycles. The van der Waals surface area contributed by atoms with Crippen LogP contribution in [0.3, 0.4) is 0 Å². The third kappa shape index (κ3) is 2.31. The molecule has 0 fully saturated rings. The van der Waals surface area contributed by atoms with Crippen LogP contribution < -0.4 is 0 Å². The third-order valence-electron chi connectivity index (χ3n) is 2.34. The molecule has 0 bridgehead atoms. The molecule has 0 amide bonds. The molecule has 0 saturated carbocycles. The summed E-state index contributed by atoms with van der Waals surface area (Å²) in [5.41, 5.74) is 1.06. The van der Waals surface area contributed by atoms with Crippen LogP contribution in [0, 0.1) is 0 Å². The van der Waals surface area contributed by atoms with Gasteiger partial charge in [-0.2, -0.15) is 0 Å². The molecule has 1 aromatic rings. The number of rotatable bonds is 2. The highest BCUT2D eigenvalue weighted by Crippen LogP contribution is 2.29. The summed E-state index contributed by atoms with van der Waals surface area (Å²) in [7, 11) is 0. The standard InChI is InChI=1S/C13H11BrO3/c1-7(2)17-12-6-11(15)13(16)9-4-3-8(14)5-10(9)12/h3-7H,1-2H3. The van der Waals surface area contributed by atoms with Crippen LogP contribution in [0.2, 0.25) is 0 Å². The summed E-state index contributed by atoms with van der Waals surface area (Å²) >= 11 is 3.34. The first-order chi connectivity index (χ1) is 7.99. The Morgan fingerprint density at radius 2 is 1.88 bits per heavy atom. The highest BCUT2D eigenvalue weighted by atomic mass is 79.9. The Hall–Kier alpha value is -1.42. The molecule has 3 nitrogen and oxygen atoms in total. The normalized spacial score (nSPS) is 14.7. The van der Waals surface area contributed by atoms with Crippen molar-refractivity contribution in [2.24, 2.45) is 0 Å². The third-order valence-corrected chi connectivity index (χ3v) is 2.83. The second-order valence-electron chi connectivity index (χ2n) is 4.06. The van der Waals surface area contributed by atoms with Gasteiger partial charge in [-0.05, 0) is 32.0 Å². The fourth-order valence-corrected chi connectivity index (χ4v) is 2.03. The number of carbonyl (C=O) groups excluding carboxylic acids is 2. The number of benzene rings is 1. The van der Waals surface area contributed by atoms with Gasteiger partial charge in [0.05, 0.1) is 6.10 Å². The Morgan fingerprint density at radius 3 is 2.53 bits per heavy atom. The van der Waals surface area contributed by atoms with Gasteiger partial charge in [0, 0.05) is 21.7 Å². The molecule has 0 N–H and O–H groups in total. The van der Waals surface area contributed by atoms with Crippen LogP contribution in [-0.4, -0.2) is 17.7 Å². The van der Waals surface area contributed by atoms with E-state index < -0.39 is 11.6 Å². The van der Waals surface area contributed by atoms with Crippen molar-refractivity contribution < 1.29 is 14.3 Å². The quantitative estimate of drug-likeness (QED) is 0.788. The molecule has 1 aliphatic rings. The first kappa shape index (κ1) is 12.0. The average Bonchev–Trinajstić information content (AvgIpc) is 2.25. The summed E-state index contributed by atoms with van der Waals surface area (Å²) in [6.07, 6.45) is 1.21. The number of fused-ring (bicyclic) bond motifs is 1. The van der Waals surface area contributed by atoms with Crippen molar-refractivity contribution in [2.45, 2.75) is 20.0 Å². The van der Waals surface area contributed by atoms with Gasteiger partial charge in [-0.25, -0.2) is 0 Å². The summed E-state index contributed by atoms with van der Waals surface area (Å²) in [4.78, 5) is 23.2. The number of hydrogen-bond donors (Lipinski definition) is 0. The smallest absolute Gasteiger partial charge is 0.233 e. The maximum absolute atomic E-state index is 11.7. The fourth-order valence-electron chi connectivity index (χ4n) is 1.66. The molecule has 88 valence electrons. The van der Waals surface area contributed by atoms with Crippen LogP contribution >= 0.6 is 15.9 Å². The first-order valence-corrected chi connectivity index (χ1v) is 6.05. The van der Waals surface area contributed by atoms with Crippen LogP contribution in [0.4, 0.5) is 0 Å². The lowest BCUT2D eigenvalue weighted by Gasteiger charge is -2.19. The van der Waals surface area contributed by atoms with Gasteiger partial charge in [0.15, 0.2) is 0 Å². The van der Waals surface area contributed by atoms with E-state index >= 15 is 0 Å². The SMILES string of the molecule is CC(C)OC1=CC(=O)C(=O)c2ccc(Br)cc21. The van der Waals surface area contributed by atoms with Crippen molar-refractivity contribution in [2.75, 3.05) is 0 Å². The predicted molar refractivity (Wildman–Crippen MR) is 67.7 cm³/mol. The summed E-state index contributed by atoms with van der Waals surface area (Å²) in [6, 6.07) is 5.16. The number of ketones is 2. The molecule has 0 radical (unpaired) electrons. The zero-order chi connectivity index (χ0) is 12.6. The molecule has 1 aliphatic carbocycles. The molecule has 0 aliphatic heterocycles. The van der Waals surface area contributed by atoms with Crippen molar-refractivity contribution in [3.8, 4) is 0 Å². The van der Waals surface area contributed by atoms with Gasteiger partial charge in [-0.1, -0.05) is 15.9 Å². The predicted octanol–water partition coefficient (Wildman–Crippen LogP) is 2.98. The van der Waals surface area contributed by atoms with Crippen molar-refractivity contribution in [3.05, 3.63) is 39.9 Å². The van der Waals surface area contributed by atoms with E-state index in [4.69, 9.17) is 4.74 Å².